The van der Waals surface area contributed by atoms with E-state index >= 15 is 0 Å². The summed E-state index contributed by atoms with van der Waals surface area (Å²) in [5, 5.41) is 0. The first-order valence-corrected chi connectivity index (χ1v) is 6.00. The Balaban J connectivity index is 2.27. The van der Waals surface area contributed by atoms with Crippen LogP contribution in [0.2, 0.25) is 0 Å². The summed E-state index contributed by atoms with van der Waals surface area (Å²) in [5.74, 6) is 0.279. The monoisotopic (exact) mass is 264 g/mol. The van der Waals surface area contributed by atoms with Gasteiger partial charge in [0, 0.05) is 0 Å². The van der Waals surface area contributed by atoms with Crippen molar-refractivity contribution in [3.05, 3.63) is 17.8 Å². The molecule has 0 saturated carbocycles. The van der Waals surface area contributed by atoms with Crippen LogP contribution < -0.4 is 9.64 Å². The van der Waals surface area contributed by atoms with Gasteiger partial charge >= 0.3 is 6.09 Å². The first kappa shape index (κ1) is 13.3. The van der Waals surface area contributed by atoms with Crippen LogP contribution in [0.25, 0.3) is 0 Å². The SMILES string of the molecule is CC(C)(C)OC(=O)N1CCOc2nc(C=O)ccc21. The van der Waals surface area contributed by atoms with Crippen LogP contribution >= 0.6 is 0 Å². The number of hydrogen-bond donors (Lipinski definition) is 0. The molecule has 1 aliphatic rings. The van der Waals surface area contributed by atoms with Gasteiger partial charge in [-0.3, -0.25) is 9.69 Å². The first-order valence-electron chi connectivity index (χ1n) is 6.00. The molecule has 1 amide bonds. The van der Waals surface area contributed by atoms with E-state index < -0.39 is 11.7 Å². The van der Waals surface area contributed by atoms with Gasteiger partial charge in [0.25, 0.3) is 0 Å². The number of carbonyl (C=O) groups excluding carboxylic acids is 2. The molecule has 0 spiro atoms. The molecule has 0 N–H and O–H groups in total. The summed E-state index contributed by atoms with van der Waals surface area (Å²) < 4.78 is 10.7. The predicted molar refractivity (Wildman–Crippen MR) is 68.7 cm³/mol. The summed E-state index contributed by atoms with van der Waals surface area (Å²) in [6, 6.07) is 3.17. The lowest BCUT2D eigenvalue weighted by molar-refractivity contribution is 0.0566. The summed E-state index contributed by atoms with van der Waals surface area (Å²) >= 11 is 0. The highest BCUT2D eigenvalue weighted by Crippen LogP contribution is 2.30. The fourth-order valence-electron chi connectivity index (χ4n) is 1.69. The fourth-order valence-corrected chi connectivity index (χ4v) is 1.69. The lowest BCUT2D eigenvalue weighted by Gasteiger charge is -2.30. The molecule has 1 aromatic heterocycles. The van der Waals surface area contributed by atoms with Crippen molar-refractivity contribution in [2.75, 3.05) is 18.1 Å². The van der Waals surface area contributed by atoms with E-state index in [1.807, 2.05) is 0 Å². The van der Waals surface area contributed by atoms with Crippen LogP contribution in [0.3, 0.4) is 0 Å². The maximum Gasteiger partial charge on any atom is 0.415 e. The molecule has 19 heavy (non-hydrogen) atoms. The van der Waals surface area contributed by atoms with Crippen molar-refractivity contribution in [2.24, 2.45) is 0 Å². The van der Waals surface area contributed by atoms with Gasteiger partial charge in [-0.2, -0.15) is 0 Å². The van der Waals surface area contributed by atoms with Crippen molar-refractivity contribution in [1.29, 1.82) is 0 Å². The summed E-state index contributed by atoms with van der Waals surface area (Å²) in [6.45, 7) is 6.13. The van der Waals surface area contributed by atoms with Crippen molar-refractivity contribution < 1.29 is 19.1 Å². The van der Waals surface area contributed by atoms with Crippen LogP contribution in [0.4, 0.5) is 10.5 Å². The maximum atomic E-state index is 12.1. The molecular weight excluding hydrogens is 248 g/mol. The van der Waals surface area contributed by atoms with E-state index in [4.69, 9.17) is 9.47 Å². The molecule has 0 aliphatic carbocycles. The molecular formula is C13H16N2O4. The minimum absolute atomic E-state index is 0.268. The molecule has 0 saturated heterocycles. The van der Waals surface area contributed by atoms with Crippen LogP contribution in [-0.2, 0) is 4.74 Å². The van der Waals surface area contributed by atoms with Crippen LogP contribution in [0, 0.1) is 0 Å². The zero-order chi connectivity index (χ0) is 14.0. The van der Waals surface area contributed by atoms with Crippen LogP contribution in [-0.4, -0.2) is 36.1 Å². The van der Waals surface area contributed by atoms with Gasteiger partial charge in [-0.05, 0) is 32.9 Å². The van der Waals surface area contributed by atoms with Gasteiger partial charge in [-0.15, -0.1) is 0 Å². The van der Waals surface area contributed by atoms with Crippen LogP contribution in [0.1, 0.15) is 31.3 Å². The topological polar surface area (TPSA) is 68.7 Å². The van der Waals surface area contributed by atoms with E-state index in [0.717, 1.165) is 0 Å². The first-order chi connectivity index (χ1) is 8.90. The smallest absolute Gasteiger partial charge is 0.415 e. The van der Waals surface area contributed by atoms with E-state index in [2.05, 4.69) is 4.98 Å². The highest BCUT2D eigenvalue weighted by Gasteiger charge is 2.29. The molecule has 6 heteroatoms. The van der Waals surface area contributed by atoms with E-state index in [0.29, 0.717) is 25.1 Å². The van der Waals surface area contributed by atoms with E-state index in [9.17, 15) is 9.59 Å². The van der Waals surface area contributed by atoms with Crippen LogP contribution in [0.5, 0.6) is 5.88 Å². The van der Waals surface area contributed by atoms with Gasteiger partial charge in [0.2, 0.25) is 5.88 Å². The molecule has 0 aromatic carbocycles. The minimum Gasteiger partial charge on any atom is -0.474 e. The number of amides is 1. The van der Waals surface area contributed by atoms with Crippen molar-refractivity contribution >= 4 is 18.1 Å². The molecule has 1 aromatic rings. The number of aldehydes is 1. The molecule has 1 aliphatic heterocycles. The third-order valence-corrected chi connectivity index (χ3v) is 2.44. The van der Waals surface area contributed by atoms with E-state index in [1.54, 1.807) is 26.8 Å². The molecule has 0 bridgehead atoms. The zero-order valence-corrected chi connectivity index (χ0v) is 11.2. The largest absolute Gasteiger partial charge is 0.474 e. The lowest BCUT2D eigenvalue weighted by atomic mass is 10.2. The molecule has 2 rings (SSSR count). The van der Waals surface area contributed by atoms with E-state index in [-0.39, 0.29) is 11.6 Å². The number of anilines is 1. The second kappa shape index (κ2) is 4.87. The van der Waals surface area contributed by atoms with Crippen molar-refractivity contribution in [3.63, 3.8) is 0 Å². The number of rotatable bonds is 1. The Hall–Kier alpha value is -2.11. The van der Waals surface area contributed by atoms with Gasteiger partial charge < -0.3 is 9.47 Å². The number of nitrogens with zero attached hydrogens (tertiary/aromatic N) is 2. The van der Waals surface area contributed by atoms with E-state index in [1.165, 1.54) is 11.0 Å². The number of aromatic nitrogens is 1. The number of carbonyl (C=O) groups is 2. The summed E-state index contributed by atoms with van der Waals surface area (Å²) in [7, 11) is 0. The number of pyridine rings is 1. The van der Waals surface area contributed by atoms with Gasteiger partial charge in [0.05, 0.1) is 6.54 Å². The van der Waals surface area contributed by atoms with Crippen LogP contribution in [0.15, 0.2) is 12.1 Å². The third kappa shape index (κ3) is 3.01. The van der Waals surface area contributed by atoms with Crippen molar-refractivity contribution in [3.8, 4) is 5.88 Å². The average molecular weight is 264 g/mol. The standard InChI is InChI=1S/C13H16N2O4/c1-13(2,3)19-12(17)15-6-7-18-11-10(15)5-4-9(8-16)14-11/h4-5,8H,6-7H2,1-3H3. The molecule has 0 unspecified atom stereocenters. The van der Waals surface area contributed by atoms with Gasteiger partial charge in [0.15, 0.2) is 6.29 Å². The predicted octanol–water partition coefficient (Wildman–Crippen LogP) is 2.03. The number of hydrogen-bond acceptors (Lipinski definition) is 5. The fraction of sp³-hybridized carbons (Fsp3) is 0.462. The highest BCUT2D eigenvalue weighted by molar-refractivity contribution is 5.90. The minimum atomic E-state index is -0.564. The third-order valence-electron chi connectivity index (χ3n) is 2.44. The summed E-state index contributed by atoms with van der Waals surface area (Å²) in [5.41, 5.74) is 0.224. The van der Waals surface area contributed by atoms with Gasteiger partial charge in [-0.25, -0.2) is 9.78 Å². The Morgan fingerprint density at radius 2 is 2.21 bits per heavy atom. The number of fused-ring (bicyclic) bond motifs is 1. The zero-order valence-electron chi connectivity index (χ0n) is 11.2. The summed E-state index contributed by atoms with van der Waals surface area (Å²) in [4.78, 5) is 28.2. The van der Waals surface area contributed by atoms with Crippen molar-refractivity contribution in [2.45, 2.75) is 26.4 Å². The Morgan fingerprint density at radius 1 is 1.47 bits per heavy atom. The Morgan fingerprint density at radius 3 is 2.84 bits per heavy atom. The second-order valence-electron chi connectivity index (χ2n) is 5.16. The maximum absolute atomic E-state index is 12.1. The quantitative estimate of drug-likeness (QED) is 0.726. The Bertz CT molecular complexity index is 508. The molecule has 0 fully saturated rings. The van der Waals surface area contributed by atoms with Crippen molar-refractivity contribution in [1.82, 2.24) is 4.98 Å². The average Bonchev–Trinajstić information content (AvgIpc) is 2.35. The van der Waals surface area contributed by atoms with Gasteiger partial charge in [-0.1, -0.05) is 0 Å². The molecule has 0 atom stereocenters. The molecule has 6 nitrogen and oxygen atoms in total. The molecule has 0 radical (unpaired) electrons. The molecule has 2 heterocycles. The lowest BCUT2D eigenvalue weighted by Crippen LogP contribution is -2.41. The number of ether oxygens (including phenoxy) is 2. The Kier molecular flexibility index (Phi) is 3.42. The normalized spacial score (nSPS) is 14.4. The summed E-state index contributed by atoms with van der Waals surface area (Å²) in [6.07, 6.45) is 0.188. The highest BCUT2D eigenvalue weighted by atomic mass is 16.6. The van der Waals surface area contributed by atoms with Gasteiger partial charge in [0.1, 0.15) is 23.6 Å². The Labute approximate surface area is 111 Å². The second-order valence-corrected chi connectivity index (χ2v) is 5.16. The molecule has 102 valence electrons.